The first-order valence-electron chi connectivity index (χ1n) is 7.24. The molecule has 2 amide bonds. The van der Waals surface area contributed by atoms with Gasteiger partial charge in [-0.1, -0.05) is 17.3 Å². The topological polar surface area (TPSA) is 93.5 Å². The highest BCUT2D eigenvalue weighted by atomic mass is 16.5. The summed E-state index contributed by atoms with van der Waals surface area (Å²) in [5, 5.41) is 4.65. The van der Waals surface area contributed by atoms with Gasteiger partial charge in [-0.2, -0.15) is 0 Å². The Labute approximate surface area is 137 Å². The fourth-order valence-electron chi connectivity index (χ4n) is 2.20. The van der Waals surface area contributed by atoms with Crippen LogP contribution in [-0.4, -0.2) is 24.1 Å². The molecule has 1 heterocycles. The summed E-state index contributed by atoms with van der Waals surface area (Å²) in [4.78, 5) is 23.9. The summed E-state index contributed by atoms with van der Waals surface area (Å²) in [6.07, 6.45) is -0.0000934. The molecule has 0 aliphatic rings. The van der Waals surface area contributed by atoms with Crippen LogP contribution in [-0.2, 0) is 11.2 Å². The van der Waals surface area contributed by atoms with Crippen LogP contribution in [0.2, 0.25) is 0 Å². The molecule has 0 saturated heterocycles. The fourth-order valence-corrected chi connectivity index (χ4v) is 2.20. The van der Waals surface area contributed by atoms with E-state index >= 15 is 0 Å². The molecule has 0 aliphatic carbocycles. The van der Waals surface area contributed by atoms with E-state index in [0.29, 0.717) is 22.6 Å². The molecular weight excluding hydrogens is 310 g/mol. The predicted octanol–water partition coefficient (Wildman–Crippen LogP) is 1.84. The van der Waals surface area contributed by atoms with E-state index in [2.05, 4.69) is 16.0 Å². The normalized spacial score (nSPS) is 10.4. The van der Waals surface area contributed by atoms with Crippen LogP contribution >= 0.6 is 0 Å². The van der Waals surface area contributed by atoms with Crippen LogP contribution < -0.4 is 15.6 Å². The summed E-state index contributed by atoms with van der Waals surface area (Å²) in [6, 6.07) is 13.8. The number of benzene rings is 2. The molecule has 0 atom stereocenters. The van der Waals surface area contributed by atoms with Gasteiger partial charge in [-0.15, -0.1) is 0 Å². The fraction of sp³-hybridized carbons (Fsp3) is 0.118. The van der Waals surface area contributed by atoms with Gasteiger partial charge in [-0.25, -0.2) is 0 Å². The first kappa shape index (κ1) is 15.5. The molecule has 2 N–H and O–H groups in total. The van der Waals surface area contributed by atoms with Crippen molar-refractivity contribution in [1.82, 2.24) is 16.0 Å². The van der Waals surface area contributed by atoms with Gasteiger partial charge in [0.25, 0.3) is 5.91 Å². The van der Waals surface area contributed by atoms with Crippen molar-refractivity contribution < 1.29 is 18.8 Å². The van der Waals surface area contributed by atoms with Crippen molar-refractivity contribution in [3.8, 4) is 5.75 Å². The third-order valence-corrected chi connectivity index (χ3v) is 3.45. The maximum atomic E-state index is 12.0. The number of carbonyl (C=O) groups excluding carboxylic acids is 2. The molecule has 7 nitrogen and oxygen atoms in total. The number of carbonyl (C=O) groups is 2. The lowest BCUT2D eigenvalue weighted by Gasteiger charge is -2.07. The number of rotatable bonds is 4. The Hall–Kier alpha value is -3.35. The Kier molecular flexibility index (Phi) is 4.42. The van der Waals surface area contributed by atoms with E-state index < -0.39 is 11.8 Å². The van der Waals surface area contributed by atoms with Crippen LogP contribution in [0.4, 0.5) is 0 Å². The van der Waals surface area contributed by atoms with Gasteiger partial charge in [0.1, 0.15) is 11.4 Å². The minimum atomic E-state index is -0.420. The Morgan fingerprint density at radius 1 is 1.08 bits per heavy atom. The van der Waals surface area contributed by atoms with Crippen molar-refractivity contribution in [3.63, 3.8) is 0 Å². The number of fused-ring (bicyclic) bond motifs is 1. The van der Waals surface area contributed by atoms with Gasteiger partial charge in [0.05, 0.1) is 13.5 Å². The van der Waals surface area contributed by atoms with Crippen molar-refractivity contribution in [2.75, 3.05) is 7.11 Å². The Balaban J connectivity index is 1.57. The van der Waals surface area contributed by atoms with Crippen molar-refractivity contribution in [2.24, 2.45) is 0 Å². The quantitative estimate of drug-likeness (QED) is 0.714. The van der Waals surface area contributed by atoms with Gasteiger partial charge < -0.3 is 9.26 Å². The lowest BCUT2D eigenvalue weighted by Crippen LogP contribution is -2.42. The maximum absolute atomic E-state index is 12.0. The van der Waals surface area contributed by atoms with Gasteiger partial charge in [0.2, 0.25) is 5.91 Å². The number of nitrogens with one attached hydrogen (secondary N) is 2. The first-order chi connectivity index (χ1) is 11.7. The second-order valence-corrected chi connectivity index (χ2v) is 5.03. The molecule has 7 heteroatoms. The molecule has 24 heavy (non-hydrogen) atoms. The zero-order valence-corrected chi connectivity index (χ0v) is 12.9. The summed E-state index contributed by atoms with van der Waals surface area (Å²) in [7, 11) is 1.54. The number of hydrogen-bond acceptors (Lipinski definition) is 5. The monoisotopic (exact) mass is 325 g/mol. The molecule has 0 saturated carbocycles. The average molecular weight is 325 g/mol. The molecule has 0 spiro atoms. The van der Waals surface area contributed by atoms with E-state index in [1.54, 1.807) is 37.4 Å². The Morgan fingerprint density at radius 2 is 1.83 bits per heavy atom. The lowest BCUT2D eigenvalue weighted by molar-refractivity contribution is -0.121. The molecule has 122 valence electrons. The van der Waals surface area contributed by atoms with E-state index in [0.717, 1.165) is 5.39 Å². The third-order valence-electron chi connectivity index (χ3n) is 3.45. The molecule has 0 radical (unpaired) electrons. The summed E-state index contributed by atoms with van der Waals surface area (Å²) >= 11 is 0. The van der Waals surface area contributed by atoms with Crippen LogP contribution in [0.25, 0.3) is 11.0 Å². The molecule has 0 bridgehead atoms. The number of nitrogens with zero attached hydrogens (tertiary/aromatic N) is 1. The van der Waals surface area contributed by atoms with Crippen LogP contribution in [0, 0.1) is 0 Å². The Bertz CT molecular complexity index is 871. The van der Waals surface area contributed by atoms with E-state index in [9.17, 15) is 9.59 Å². The highest BCUT2D eigenvalue weighted by molar-refractivity contribution is 5.96. The van der Waals surface area contributed by atoms with Gasteiger partial charge in [-0.3, -0.25) is 20.4 Å². The molecule has 3 rings (SSSR count). The smallest absolute Gasteiger partial charge is 0.269 e. The number of aromatic nitrogens is 1. The Morgan fingerprint density at radius 3 is 2.58 bits per heavy atom. The average Bonchev–Trinajstić information content (AvgIpc) is 3.03. The number of hydrazine groups is 1. The molecule has 3 aromatic rings. The standard InChI is InChI=1S/C17H15N3O4/c1-23-12-8-6-11(7-9-12)17(22)19-18-16(21)10-14-13-4-2-3-5-15(13)24-20-14/h2-9H,10H2,1H3,(H,18,21)(H,19,22). The molecule has 0 aliphatic heterocycles. The SMILES string of the molecule is COc1ccc(C(=O)NNC(=O)Cc2noc3ccccc23)cc1. The zero-order valence-electron chi connectivity index (χ0n) is 12.9. The van der Waals surface area contributed by atoms with E-state index in [1.807, 2.05) is 18.2 Å². The summed E-state index contributed by atoms with van der Waals surface area (Å²) in [5.74, 6) is -0.166. The summed E-state index contributed by atoms with van der Waals surface area (Å²) < 4.78 is 10.2. The predicted molar refractivity (Wildman–Crippen MR) is 86.3 cm³/mol. The molecule has 0 unspecified atom stereocenters. The molecular formula is C17H15N3O4. The minimum absolute atomic E-state index is 0.0000934. The van der Waals surface area contributed by atoms with Crippen LogP contribution in [0.1, 0.15) is 16.1 Å². The van der Waals surface area contributed by atoms with Crippen molar-refractivity contribution >= 4 is 22.8 Å². The first-order valence-corrected chi connectivity index (χ1v) is 7.24. The lowest BCUT2D eigenvalue weighted by atomic mass is 10.2. The number of amides is 2. The van der Waals surface area contributed by atoms with E-state index in [-0.39, 0.29) is 6.42 Å². The number of ether oxygens (including phenoxy) is 1. The van der Waals surface area contributed by atoms with Crippen LogP contribution in [0.3, 0.4) is 0 Å². The van der Waals surface area contributed by atoms with Gasteiger partial charge in [-0.05, 0) is 36.4 Å². The number of para-hydroxylation sites is 1. The second-order valence-electron chi connectivity index (χ2n) is 5.03. The highest BCUT2D eigenvalue weighted by Gasteiger charge is 2.13. The van der Waals surface area contributed by atoms with Gasteiger partial charge >= 0.3 is 0 Å². The zero-order chi connectivity index (χ0) is 16.9. The van der Waals surface area contributed by atoms with Crippen molar-refractivity contribution in [3.05, 3.63) is 59.8 Å². The summed E-state index contributed by atoms with van der Waals surface area (Å²) in [6.45, 7) is 0. The minimum Gasteiger partial charge on any atom is -0.497 e. The summed E-state index contributed by atoms with van der Waals surface area (Å²) in [5.41, 5.74) is 6.25. The molecule has 0 fully saturated rings. The van der Waals surface area contributed by atoms with E-state index in [4.69, 9.17) is 9.26 Å². The van der Waals surface area contributed by atoms with Crippen molar-refractivity contribution in [2.45, 2.75) is 6.42 Å². The third kappa shape index (κ3) is 3.35. The maximum Gasteiger partial charge on any atom is 0.269 e. The molecule has 1 aromatic heterocycles. The molecule has 2 aromatic carbocycles. The van der Waals surface area contributed by atoms with Crippen molar-refractivity contribution in [1.29, 1.82) is 0 Å². The number of hydrogen-bond donors (Lipinski definition) is 2. The highest BCUT2D eigenvalue weighted by Crippen LogP contribution is 2.17. The van der Waals surface area contributed by atoms with Gasteiger partial charge in [0.15, 0.2) is 5.58 Å². The largest absolute Gasteiger partial charge is 0.497 e. The van der Waals surface area contributed by atoms with Crippen LogP contribution in [0.5, 0.6) is 5.75 Å². The van der Waals surface area contributed by atoms with Crippen LogP contribution in [0.15, 0.2) is 53.1 Å². The second kappa shape index (κ2) is 6.82. The van der Waals surface area contributed by atoms with Gasteiger partial charge in [0, 0.05) is 10.9 Å². The number of methoxy groups -OCH3 is 1. The van der Waals surface area contributed by atoms with E-state index in [1.165, 1.54) is 0 Å².